The number of aromatic nitrogens is 1. The van der Waals surface area contributed by atoms with Crippen molar-refractivity contribution in [3.63, 3.8) is 0 Å². The van der Waals surface area contributed by atoms with E-state index in [1.54, 1.807) is 31.5 Å². The Balaban J connectivity index is 1.50. The number of carbonyl (C=O) groups is 2. The Morgan fingerprint density at radius 2 is 1.83 bits per heavy atom. The summed E-state index contributed by atoms with van der Waals surface area (Å²) in [5.74, 6) is 0.940. The van der Waals surface area contributed by atoms with Crippen molar-refractivity contribution in [2.45, 2.75) is 51.7 Å². The van der Waals surface area contributed by atoms with Gasteiger partial charge in [-0.1, -0.05) is 32.0 Å². The molecule has 6 heteroatoms. The molecule has 1 aliphatic rings. The Labute approximate surface area is 172 Å². The first-order valence-corrected chi connectivity index (χ1v) is 10.2. The Bertz CT molecular complexity index is 830. The summed E-state index contributed by atoms with van der Waals surface area (Å²) >= 11 is 0. The van der Waals surface area contributed by atoms with Gasteiger partial charge in [-0.05, 0) is 49.4 Å². The minimum absolute atomic E-state index is 0.00938. The zero-order chi connectivity index (χ0) is 20.8. The summed E-state index contributed by atoms with van der Waals surface area (Å²) in [5, 5.41) is 3.07. The molecule has 1 fully saturated rings. The molecule has 1 atom stereocenters. The van der Waals surface area contributed by atoms with Crippen molar-refractivity contribution in [2.24, 2.45) is 0 Å². The predicted octanol–water partition coefficient (Wildman–Crippen LogP) is 3.39. The molecule has 154 valence electrons. The van der Waals surface area contributed by atoms with Crippen molar-refractivity contribution in [3.8, 4) is 5.75 Å². The Morgan fingerprint density at radius 3 is 2.48 bits per heavy atom. The molecule has 0 saturated carbocycles. The molecule has 6 nitrogen and oxygen atoms in total. The quantitative estimate of drug-likeness (QED) is 0.814. The van der Waals surface area contributed by atoms with Gasteiger partial charge in [0.15, 0.2) is 6.10 Å². The number of para-hydroxylation sites is 1. The van der Waals surface area contributed by atoms with Gasteiger partial charge in [-0.2, -0.15) is 0 Å². The first-order valence-electron chi connectivity index (χ1n) is 10.2. The lowest BCUT2D eigenvalue weighted by Crippen LogP contribution is -2.49. The van der Waals surface area contributed by atoms with E-state index in [1.165, 1.54) is 0 Å². The van der Waals surface area contributed by atoms with Crippen molar-refractivity contribution in [1.82, 2.24) is 15.2 Å². The number of carbonyl (C=O) groups excluding carboxylic acids is 2. The van der Waals surface area contributed by atoms with Crippen LogP contribution in [0.3, 0.4) is 0 Å². The third-order valence-electron chi connectivity index (χ3n) is 5.25. The van der Waals surface area contributed by atoms with Gasteiger partial charge in [-0.25, -0.2) is 0 Å². The largest absolute Gasteiger partial charge is 0.481 e. The highest BCUT2D eigenvalue weighted by Gasteiger charge is 2.26. The SMILES string of the molecule is CC(Oc1ccccc1C(C)C)C(=O)NC1CCN(C(=O)c2cccnc2)CC1. The second-order valence-corrected chi connectivity index (χ2v) is 7.77. The fourth-order valence-electron chi connectivity index (χ4n) is 3.53. The van der Waals surface area contributed by atoms with E-state index in [2.05, 4.69) is 24.1 Å². The highest BCUT2D eigenvalue weighted by Crippen LogP contribution is 2.26. The average Bonchev–Trinajstić information content (AvgIpc) is 2.74. The molecule has 1 aliphatic heterocycles. The lowest BCUT2D eigenvalue weighted by atomic mass is 10.0. The first-order chi connectivity index (χ1) is 14.0. The van der Waals surface area contributed by atoms with Crippen molar-refractivity contribution in [3.05, 3.63) is 59.9 Å². The summed E-state index contributed by atoms with van der Waals surface area (Å²) in [6.07, 6.45) is 4.12. The standard InChI is InChI=1S/C23H29N3O3/c1-16(2)20-8-4-5-9-21(20)29-17(3)22(27)25-19-10-13-26(14-11-19)23(28)18-7-6-12-24-15-18/h4-9,12,15-17,19H,10-11,13-14H2,1-3H3,(H,25,27). The fourth-order valence-corrected chi connectivity index (χ4v) is 3.53. The van der Waals surface area contributed by atoms with Crippen LogP contribution in [0.5, 0.6) is 5.75 Å². The molecule has 2 heterocycles. The van der Waals surface area contributed by atoms with Crippen LogP contribution in [0.25, 0.3) is 0 Å². The van der Waals surface area contributed by atoms with Gasteiger partial charge in [-0.3, -0.25) is 14.6 Å². The molecular formula is C23H29N3O3. The lowest BCUT2D eigenvalue weighted by Gasteiger charge is -2.33. The van der Waals surface area contributed by atoms with Gasteiger partial charge in [0.25, 0.3) is 11.8 Å². The summed E-state index contributed by atoms with van der Waals surface area (Å²) in [7, 11) is 0. The maximum atomic E-state index is 12.6. The van der Waals surface area contributed by atoms with E-state index in [4.69, 9.17) is 4.74 Å². The number of ether oxygens (including phenoxy) is 1. The number of hydrogen-bond acceptors (Lipinski definition) is 4. The Kier molecular flexibility index (Phi) is 6.86. The third kappa shape index (κ3) is 5.34. The maximum absolute atomic E-state index is 12.6. The zero-order valence-electron chi connectivity index (χ0n) is 17.3. The molecule has 29 heavy (non-hydrogen) atoms. The second kappa shape index (κ2) is 9.54. The van der Waals surface area contributed by atoms with E-state index in [0.29, 0.717) is 24.6 Å². The molecule has 2 aromatic rings. The van der Waals surface area contributed by atoms with E-state index < -0.39 is 6.10 Å². The van der Waals surface area contributed by atoms with Crippen molar-refractivity contribution >= 4 is 11.8 Å². The van der Waals surface area contributed by atoms with Gasteiger partial charge in [0.2, 0.25) is 0 Å². The van der Waals surface area contributed by atoms with Crippen molar-refractivity contribution in [1.29, 1.82) is 0 Å². The Morgan fingerprint density at radius 1 is 1.10 bits per heavy atom. The van der Waals surface area contributed by atoms with Crippen molar-refractivity contribution in [2.75, 3.05) is 13.1 Å². The molecule has 1 saturated heterocycles. The summed E-state index contributed by atoms with van der Waals surface area (Å²) in [4.78, 5) is 30.9. The highest BCUT2D eigenvalue weighted by molar-refractivity contribution is 5.94. The fraction of sp³-hybridized carbons (Fsp3) is 0.435. The minimum Gasteiger partial charge on any atom is -0.481 e. The van der Waals surface area contributed by atoms with Gasteiger partial charge in [0.05, 0.1) is 5.56 Å². The van der Waals surface area contributed by atoms with Crippen LogP contribution < -0.4 is 10.1 Å². The third-order valence-corrected chi connectivity index (χ3v) is 5.25. The normalized spacial score (nSPS) is 15.8. The number of piperidine rings is 1. The smallest absolute Gasteiger partial charge is 0.260 e. The van der Waals surface area contributed by atoms with Crippen LogP contribution in [-0.4, -0.2) is 46.9 Å². The topological polar surface area (TPSA) is 71.5 Å². The first kappa shape index (κ1) is 20.8. The van der Waals surface area contributed by atoms with Crippen molar-refractivity contribution < 1.29 is 14.3 Å². The Hall–Kier alpha value is -2.89. The van der Waals surface area contributed by atoms with E-state index in [-0.39, 0.29) is 17.9 Å². The number of nitrogens with one attached hydrogen (secondary N) is 1. The molecule has 1 aromatic heterocycles. The van der Waals surface area contributed by atoms with Crippen LogP contribution in [0.15, 0.2) is 48.8 Å². The molecule has 3 rings (SSSR count). The molecule has 0 spiro atoms. The number of benzene rings is 1. The second-order valence-electron chi connectivity index (χ2n) is 7.77. The van der Waals surface area contributed by atoms with Crippen LogP contribution in [0, 0.1) is 0 Å². The van der Waals surface area contributed by atoms with E-state index in [1.807, 2.05) is 29.2 Å². The lowest BCUT2D eigenvalue weighted by molar-refractivity contribution is -0.128. The molecule has 0 aliphatic carbocycles. The monoisotopic (exact) mass is 395 g/mol. The predicted molar refractivity (Wildman–Crippen MR) is 112 cm³/mol. The molecule has 2 amide bonds. The van der Waals surface area contributed by atoms with E-state index in [9.17, 15) is 9.59 Å². The summed E-state index contributed by atoms with van der Waals surface area (Å²) in [5.41, 5.74) is 1.69. The maximum Gasteiger partial charge on any atom is 0.260 e. The van der Waals surface area contributed by atoms with Gasteiger partial charge in [0, 0.05) is 31.5 Å². The molecule has 1 unspecified atom stereocenters. The van der Waals surface area contributed by atoms with Crippen LogP contribution in [0.1, 0.15) is 55.5 Å². The number of amides is 2. The summed E-state index contributed by atoms with van der Waals surface area (Å²) in [6, 6.07) is 11.4. The summed E-state index contributed by atoms with van der Waals surface area (Å²) in [6.45, 7) is 7.21. The molecular weight excluding hydrogens is 366 g/mol. The van der Waals surface area contributed by atoms with Gasteiger partial charge in [-0.15, -0.1) is 0 Å². The average molecular weight is 396 g/mol. The molecule has 0 bridgehead atoms. The summed E-state index contributed by atoms with van der Waals surface area (Å²) < 4.78 is 5.94. The highest BCUT2D eigenvalue weighted by atomic mass is 16.5. The zero-order valence-corrected chi connectivity index (χ0v) is 17.3. The van der Waals surface area contributed by atoms with Gasteiger partial charge < -0.3 is 15.0 Å². The van der Waals surface area contributed by atoms with Crippen LogP contribution in [-0.2, 0) is 4.79 Å². The van der Waals surface area contributed by atoms with Gasteiger partial charge >= 0.3 is 0 Å². The van der Waals surface area contributed by atoms with E-state index in [0.717, 1.165) is 24.2 Å². The van der Waals surface area contributed by atoms with Crippen LogP contribution in [0.2, 0.25) is 0 Å². The number of rotatable bonds is 6. The minimum atomic E-state index is -0.579. The van der Waals surface area contributed by atoms with Gasteiger partial charge in [0.1, 0.15) is 5.75 Å². The number of hydrogen-bond donors (Lipinski definition) is 1. The molecule has 1 N–H and O–H groups in total. The van der Waals surface area contributed by atoms with Crippen LogP contribution in [0.4, 0.5) is 0 Å². The molecule has 0 radical (unpaired) electrons. The number of nitrogens with zero attached hydrogens (tertiary/aromatic N) is 2. The molecule has 1 aromatic carbocycles. The van der Waals surface area contributed by atoms with E-state index >= 15 is 0 Å². The number of pyridine rings is 1. The number of likely N-dealkylation sites (tertiary alicyclic amines) is 1. The van der Waals surface area contributed by atoms with Crippen LogP contribution >= 0.6 is 0 Å².